The Morgan fingerprint density at radius 2 is 2.00 bits per heavy atom. The minimum atomic E-state index is -0.176. The summed E-state index contributed by atoms with van der Waals surface area (Å²) in [5.74, 6) is 0.834. The molecule has 0 aromatic heterocycles. The van der Waals surface area contributed by atoms with E-state index in [1.807, 2.05) is 43.3 Å². The number of rotatable bonds is 3. The molecule has 2 aliphatic heterocycles. The molecule has 0 bridgehead atoms. The fraction of sp³-hybridized carbons (Fsp3) is 0.400. The van der Waals surface area contributed by atoms with Crippen LogP contribution in [-0.4, -0.2) is 24.2 Å². The first kappa shape index (κ1) is 15.9. The second-order valence-electron chi connectivity index (χ2n) is 6.95. The predicted octanol–water partition coefficient (Wildman–Crippen LogP) is 3.99. The van der Waals surface area contributed by atoms with Crippen LogP contribution in [-0.2, 0) is 0 Å². The summed E-state index contributed by atoms with van der Waals surface area (Å²) in [6.07, 6.45) is 1.84. The summed E-state index contributed by atoms with van der Waals surface area (Å²) in [5, 5.41) is 11.4. The highest BCUT2D eigenvalue weighted by Crippen LogP contribution is 2.47. The lowest BCUT2D eigenvalue weighted by Crippen LogP contribution is -2.53. The smallest absolute Gasteiger partial charge is 0.211 e. The van der Waals surface area contributed by atoms with Gasteiger partial charge < -0.3 is 9.64 Å². The standard InChI is InChI=1S/C20H22N2O3/c1-14-7-5-11-18-19(14)17(13-22(23)24)16-10-6-12-21(20(16)25-18)15-8-3-2-4-9-15/h2-5,7-9,11,16-17,20H,6,10,12-13H2,1H3. The van der Waals surface area contributed by atoms with Gasteiger partial charge in [0.05, 0.1) is 5.92 Å². The molecular weight excluding hydrogens is 316 g/mol. The fourth-order valence-electron chi connectivity index (χ4n) is 4.41. The number of hydrogen-bond acceptors (Lipinski definition) is 4. The Morgan fingerprint density at radius 1 is 1.20 bits per heavy atom. The highest BCUT2D eigenvalue weighted by atomic mass is 16.6. The third kappa shape index (κ3) is 2.84. The molecule has 4 rings (SSSR count). The van der Waals surface area contributed by atoms with Crippen LogP contribution < -0.4 is 9.64 Å². The van der Waals surface area contributed by atoms with Crippen LogP contribution in [0, 0.1) is 23.0 Å². The number of nitro groups is 1. The van der Waals surface area contributed by atoms with Crippen molar-refractivity contribution >= 4 is 5.69 Å². The van der Waals surface area contributed by atoms with E-state index >= 15 is 0 Å². The quantitative estimate of drug-likeness (QED) is 0.627. The predicted molar refractivity (Wildman–Crippen MR) is 96.7 cm³/mol. The molecule has 5 heteroatoms. The van der Waals surface area contributed by atoms with Crippen LogP contribution in [0.1, 0.15) is 29.9 Å². The number of para-hydroxylation sites is 1. The largest absolute Gasteiger partial charge is 0.470 e. The number of anilines is 1. The van der Waals surface area contributed by atoms with Crippen LogP contribution in [0.5, 0.6) is 5.75 Å². The van der Waals surface area contributed by atoms with E-state index in [0.29, 0.717) is 0 Å². The Balaban J connectivity index is 1.77. The molecule has 0 amide bonds. The third-order valence-electron chi connectivity index (χ3n) is 5.46. The van der Waals surface area contributed by atoms with Gasteiger partial charge in [0.2, 0.25) is 6.54 Å². The Kier molecular flexibility index (Phi) is 4.07. The summed E-state index contributed by atoms with van der Waals surface area (Å²) < 4.78 is 6.40. The van der Waals surface area contributed by atoms with Gasteiger partial charge in [-0.1, -0.05) is 30.3 Å². The van der Waals surface area contributed by atoms with Crippen LogP contribution in [0.4, 0.5) is 5.69 Å². The highest BCUT2D eigenvalue weighted by molar-refractivity contribution is 5.51. The van der Waals surface area contributed by atoms with E-state index in [9.17, 15) is 10.1 Å². The van der Waals surface area contributed by atoms with Crippen molar-refractivity contribution in [2.24, 2.45) is 5.92 Å². The Bertz CT molecular complexity index is 778. The van der Waals surface area contributed by atoms with E-state index in [4.69, 9.17) is 4.74 Å². The molecule has 130 valence electrons. The molecule has 25 heavy (non-hydrogen) atoms. The normalized spacial score (nSPS) is 24.8. The number of nitrogens with zero attached hydrogens (tertiary/aromatic N) is 2. The molecule has 2 aromatic carbocycles. The number of aryl methyl sites for hydroxylation is 1. The van der Waals surface area contributed by atoms with Gasteiger partial charge in [0.25, 0.3) is 0 Å². The first-order chi connectivity index (χ1) is 12.1. The zero-order chi connectivity index (χ0) is 17.4. The monoisotopic (exact) mass is 338 g/mol. The lowest BCUT2D eigenvalue weighted by molar-refractivity contribution is -0.485. The van der Waals surface area contributed by atoms with Gasteiger partial charge in [-0.05, 0) is 43.5 Å². The average molecular weight is 338 g/mol. The van der Waals surface area contributed by atoms with E-state index in [1.54, 1.807) is 0 Å². The molecule has 5 nitrogen and oxygen atoms in total. The topological polar surface area (TPSA) is 55.6 Å². The van der Waals surface area contributed by atoms with Gasteiger partial charge >= 0.3 is 0 Å². The molecule has 2 aromatic rings. The molecule has 1 fully saturated rings. The van der Waals surface area contributed by atoms with Crippen molar-refractivity contribution in [3.63, 3.8) is 0 Å². The second kappa shape index (κ2) is 6.39. The maximum absolute atomic E-state index is 11.4. The third-order valence-corrected chi connectivity index (χ3v) is 5.46. The molecule has 0 N–H and O–H groups in total. The summed E-state index contributed by atoms with van der Waals surface area (Å²) in [7, 11) is 0. The van der Waals surface area contributed by atoms with Gasteiger partial charge in [0, 0.05) is 28.6 Å². The van der Waals surface area contributed by atoms with Crippen molar-refractivity contribution in [3.8, 4) is 5.75 Å². The molecule has 0 aliphatic carbocycles. The molecule has 0 spiro atoms. The Hall–Kier alpha value is -2.56. The number of piperidine rings is 1. The van der Waals surface area contributed by atoms with Gasteiger partial charge in [-0.15, -0.1) is 0 Å². The van der Waals surface area contributed by atoms with Crippen LogP contribution in [0.15, 0.2) is 48.5 Å². The molecule has 3 unspecified atom stereocenters. The highest BCUT2D eigenvalue weighted by Gasteiger charge is 2.45. The van der Waals surface area contributed by atoms with Crippen LogP contribution in [0.3, 0.4) is 0 Å². The minimum absolute atomic E-state index is 0.0367. The van der Waals surface area contributed by atoms with Crippen molar-refractivity contribution in [1.82, 2.24) is 0 Å². The molecule has 0 radical (unpaired) electrons. The van der Waals surface area contributed by atoms with Gasteiger partial charge in [-0.2, -0.15) is 0 Å². The number of hydrogen-bond donors (Lipinski definition) is 0. The molecule has 1 saturated heterocycles. The van der Waals surface area contributed by atoms with E-state index in [-0.39, 0.29) is 29.5 Å². The Labute approximate surface area is 147 Å². The molecule has 3 atom stereocenters. The van der Waals surface area contributed by atoms with E-state index < -0.39 is 0 Å². The Morgan fingerprint density at radius 3 is 2.76 bits per heavy atom. The van der Waals surface area contributed by atoms with Crippen LogP contribution in [0.2, 0.25) is 0 Å². The van der Waals surface area contributed by atoms with Gasteiger partial charge in [-0.3, -0.25) is 10.1 Å². The van der Waals surface area contributed by atoms with Crippen molar-refractivity contribution in [2.75, 3.05) is 18.0 Å². The van der Waals surface area contributed by atoms with Gasteiger partial charge in [-0.25, -0.2) is 0 Å². The van der Waals surface area contributed by atoms with E-state index in [2.05, 4.69) is 17.0 Å². The average Bonchev–Trinajstić information content (AvgIpc) is 2.61. The summed E-state index contributed by atoms with van der Waals surface area (Å²) in [6.45, 7) is 2.90. The van der Waals surface area contributed by atoms with Gasteiger partial charge in [0.1, 0.15) is 5.75 Å². The van der Waals surface area contributed by atoms with Crippen molar-refractivity contribution in [2.45, 2.75) is 31.9 Å². The van der Waals surface area contributed by atoms with Crippen molar-refractivity contribution in [1.29, 1.82) is 0 Å². The van der Waals surface area contributed by atoms with E-state index in [1.165, 1.54) is 0 Å². The van der Waals surface area contributed by atoms with Gasteiger partial charge in [0.15, 0.2) is 6.23 Å². The second-order valence-corrected chi connectivity index (χ2v) is 6.95. The molecule has 0 saturated carbocycles. The summed E-state index contributed by atoms with van der Waals surface area (Å²) in [5.41, 5.74) is 3.23. The first-order valence-electron chi connectivity index (χ1n) is 8.85. The lowest BCUT2D eigenvalue weighted by atomic mass is 9.76. The zero-order valence-electron chi connectivity index (χ0n) is 14.3. The SMILES string of the molecule is Cc1cccc2c1C(C[N+](=O)[O-])C1CCCN(c3ccccc3)C1O2. The number of fused-ring (bicyclic) bond motifs is 2. The molecule has 2 aliphatic rings. The van der Waals surface area contributed by atoms with Crippen molar-refractivity contribution in [3.05, 3.63) is 69.8 Å². The van der Waals surface area contributed by atoms with Crippen LogP contribution in [0.25, 0.3) is 0 Å². The summed E-state index contributed by atoms with van der Waals surface area (Å²) in [6, 6.07) is 16.1. The zero-order valence-corrected chi connectivity index (χ0v) is 14.3. The maximum atomic E-state index is 11.4. The van der Waals surface area contributed by atoms with E-state index in [0.717, 1.165) is 42.0 Å². The minimum Gasteiger partial charge on any atom is -0.470 e. The summed E-state index contributed by atoms with van der Waals surface area (Å²) in [4.78, 5) is 13.5. The lowest BCUT2D eigenvalue weighted by Gasteiger charge is -2.48. The summed E-state index contributed by atoms with van der Waals surface area (Å²) >= 11 is 0. The number of ether oxygens (including phenoxy) is 1. The molecular formula is C20H22N2O3. The number of benzene rings is 2. The van der Waals surface area contributed by atoms with Crippen molar-refractivity contribution < 1.29 is 9.66 Å². The fourth-order valence-corrected chi connectivity index (χ4v) is 4.41. The first-order valence-corrected chi connectivity index (χ1v) is 8.85. The maximum Gasteiger partial charge on any atom is 0.211 e. The van der Waals surface area contributed by atoms with Crippen LogP contribution >= 0.6 is 0 Å². The molecule has 2 heterocycles.